The number of carboxylic acid groups (broad SMARTS) is 1. The second-order valence-corrected chi connectivity index (χ2v) is 6.94. The second-order valence-electron chi connectivity index (χ2n) is 6.94. The maximum Gasteiger partial charge on any atom is 0.326 e. The lowest BCUT2D eigenvalue weighted by molar-refractivity contribution is -0.138. The van der Waals surface area contributed by atoms with Gasteiger partial charge in [0.15, 0.2) is 0 Å². The van der Waals surface area contributed by atoms with Crippen molar-refractivity contribution in [2.45, 2.75) is 58.7 Å². The van der Waals surface area contributed by atoms with Crippen molar-refractivity contribution in [3.63, 3.8) is 0 Å². The molecule has 2 heterocycles. The summed E-state index contributed by atoms with van der Waals surface area (Å²) in [5.41, 5.74) is 0. The maximum atomic E-state index is 11.3. The summed E-state index contributed by atoms with van der Waals surface area (Å²) in [6.07, 6.45) is 3.82. The van der Waals surface area contributed by atoms with Crippen molar-refractivity contribution >= 4 is 17.7 Å². The van der Waals surface area contributed by atoms with E-state index in [1.807, 2.05) is 13.8 Å². The minimum atomic E-state index is -0.910. The Bertz CT molecular complexity index is 550. The van der Waals surface area contributed by atoms with Crippen LogP contribution in [0.4, 0.5) is 11.8 Å². The summed E-state index contributed by atoms with van der Waals surface area (Å²) in [6.45, 7) is 8.79. The van der Waals surface area contributed by atoms with Crippen molar-refractivity contribution in [1.82, 2.24) is 9.97 Å². The SMILES string of the molecule is CC(C)C1OCCCC1Nc1ccnc(N[C@@H](C(=O)O)C(C)C)n1. The Balaban J connectivity index is 2.08. The first-order valence-electron chi connectivity index (χ1n) is 8.59. The lowest BCUT2D eigenvalue weighted by Crippen LogP contribution is -2.43. The molecule has 0 bridgehead atoms. The lowest BCUT2D eigenvalue weighted by atomic mass is 9.94. The Morgan fingerprint density at radius 3 is 2.75 bits per heavy atom. The van der Waals surface area contributed by atoms with Gasteiger partial charge in [0.25, 0.3) is 0 Å². The van der Waals surface area contributed by atoms with Gasteiger partial charge in [-0.05, 0) is 30.7 Å². The van der Waals surface area contributed by atoms with Crippen LogP contribution in [-0.2, 0) is 9.53 Å². The highest BCUT2D eigenvalue weighted by Gasteiger charge is 2.29. The molecule has 7 heteroatoms. The summed E-state index contributed by atoms with van der Waals surface area (Å²) in [7, 11) is 0. The molecule has 0 aromatic carbocycles. The van der Waals surface area contributed by atoms with E-state index < -0.39 is 12.0 Å². The molecular weight excluding hydrogens is 308 g/mol. The number of ether oxygens (including phenoxy) is 1. The average Bonchev–Trinajstić information content (AvgIpc) is 2.52. The van der Waals surface area contributed by atoms with Crippen molar-refractivity contribution in [3.8, 4) is 0 Å². The van der Waals surface area contributed by atoms with E-state index in [9.17, 15) is 9.90 Å². The highest BCUT2D eigenvalue weighted by atomic mass is 16.5. The molecule has 3 atom stereocenters. The Labute approximate surface area is 143 Å². The number of aliphatic carboxylic acids is 1. The van der Waals surface area contributed by atoms with Gasteiger partial charge < -0.3 is 20.5 Å². The van der Waals surface area contributed by atoms with E-state index in [4.69, 9.17) is 4.74 Å². The highest BCUT2D eigenvalue weighted by molar-refractivity contribution is 5.76. The van der Waals surface area contributed by atoms with Gasteiger partial charge in [0.1, 0.15) is 11.9 Å². The molecule has 0 radical (unpaired) electrons. The van der Waals surface area contributed by atoms with E-state index >= 15 is 0 Å². The molecule has 1 aromatic heterocycles. The zero-order valence-corrected chi connectivity index (χ0v) is 14.8. The molecule has 134 valence electrons. The van der Waals surface area contributed by atoms with Gasteiger partial charge >= 0.3 is 5.97 Å². The fourth-order valence-corrected chi connectivity index (χ4v) is 2.97. The molecule has 0 saturated carbocycles. The number of anilines is 2. The number of aromatic nitrogens is 2. The largest absolute Gasteiger partial charge is 0.480 e. The highest BCUT2D eigenvalue weighted by Crippen LogP contribution is 2.23. The Hall–Kier alpha value is -1.89. The Morgan fingerprint density at radius 1 is 1.38 bits per heavy atom. The third-order valence-electron chi connectivity index (χ3n) is 4.23. The molecule has 24 heavy (non-hydrogen) atoms. The molecule has 1 aliphatic heterocycles. The average molecular weight is 336 g/mol. The van der Waals surface area contributed by atoms with Gasteiger partial charge in [-0.3, -0.25) is 0 Å². The molecule has 0 spiro atoms. The maximum absolute atomic E-state index is 11.3. The summed E-state index contributed by atoms with van der Waals surface area (Å²) in [6, 6.07) is 1.27. The zero-order chi connectivity index (χ0) is 17.7. The van der Waals surface area contributed by atoms with E-state index in [0.29, 0.717) is 17.7 Å². The van der Waals surface area contributed by atoms with Gasteiger partial charge in [0.05, 0.1) is 12.1 Å². The smallest absolute Gasteiger partial charge is 0.326 e. The monoisotopic (exact) mass is 336 g/mol. The van der Waals surface area contributed by atoms with Gasteiger partial charge in [-0.15, -0.1) is 0 Å². The number of carboxylic acids is 1. The van der Waals surface area contributed by atoms with Crippen LogP contribution in [0.25, 0.3) is 0 Å². The van der Waals surface area contributed by atoms with Gasteiger partial charge in [0.2, 0.25) is 5.95 Å². The number of nitrogens with one attached hydrogen (secondary N) is 2. The van der Waals surface area contributed by atoms with Crippen molar-refractivity contribution < 1.29 is 14.6 Å². The van der Waals surface area contributed by atoms with Gasteiger partial charge in [-0.1, -0.05) is 27.7 Å². The summed E-state index contributed by atoms with van der Waals surface area (Å²) in [5.74, 6) is 0.437. The van der Waals surface area contributed by atoms with E-state index in [2.05, 4.69) is 34.4 Å². The number of hydrogen-bond donors (Lipinski definition) is 3. The Kier molecular flexibility index (Phi) is 6.36. The molecule has 1 aliphatic rings. The van der Waals surface area contributed by atoms with Crippen LogP contribution in [0.3, 0.4) is 0 Å². The predicted molar refractivity (Wildman–Crippen MR) is 93.1 cm³/mol. The predicted octanol–water partition coefficient (Wildman–Crippen LogP) is 2.61. The number of carbonyl (C=O) groups is 1. The molecule has 2 rings (SSSR count). The molecule has 3 N–H and O–H groups in total. The van der Waals surface area contributed by atoms with Crippen molar-refractivity contribution in [2.75, 3.05) is 17.2 Å². The van der Waals surface area contributed by atoms with Crippen LogP contribution in [0.2, 0.25) is 0 Å². The first-order chi connectivity index (χ1) is 11.4. The first-order valence-corrected chi connectivity index (χ1v) is 8.59. The lowest BCUT2D eigenvalue weighted by Gasteiger charge is -2.35. The van der Waals surface area contributed by atoms with Gasteiger partial charge in [0, 0.05) is 12.8 Å². The molecule has 0 amide bonds. The van der Waals surface area contributed by atoms with Crippen LogP contribution in [0.5, 0.6) is 0 Å². The first kappa shape index (κ1) is 18.4. The minimum Gasteiger partial charge on any atom is -0.480 e. The molecule has 7 nitrogen and oxygen atoms in total. The summed E-state index contributed by atoms with van der Waals surface area (Å²) in [5, 5.41) is 15.6. The zero-order valence-electron chi connectivity index (χ0n) is 14.8. The van der Waals surface area contributed by atoms with Crippen LogP contribution >= 0.6 is 0 Å². The van der Waals surface area contributed by atoms with E-state index in [0.717, 1.165) is 19.4 Å². The van der Waals surface area contributed by atoms with Crippen molar-refractivity contribution in [1.29, 1.82) is 0 Å². The fraction of sp³-hybridized carbons (Fsp3) is 0.706. The number of hydrogen-bond acceptors (Lipinski definition) is 6. The molecule has 2 unspecified atom stereocenters. The molecule has 1 aromatic rings. The van der Waals surface area contributed by atoms with Gasteiger partial charge in [-0.2, -0.15) is 4.98 Å². The molecule has 1 saturated heterocycles. The number of nitrogens with zero attached hydrogens (tertiary/aromatic N) is 2. The molecular formula is C17H28N4O3. The summed E-state index contributed by atoms with van der Waals surface area (Å²) < 4.78 is 5.88. The minimum absolute atomic E-state index is 0.0696. The summed E-state index contributed by atoms with van der Waals surface area (Å²) in [4.78, 5) is 19.9. The van der Waals surface area contributed by atoms with E-state index in [1.165, 1.54) is 0 Å². The third kappa shape index (κ3) is 4.80. The van der Waals surface area contributed by atoms with Crippen LogP contribution in [0.15, 0.2) is 12.3 Å². The molecule has 0 aliphatic carbocycles. The second kappa shape index (κ2) is 8.28. The van der Waals surface area contributed by atoms with Crippen LogP contribution < -0.4 is 10.6 Å². The third-order valence-corrected chi connectivity index (χ3v) is 4.23. The topological polar surface area (TPSA) is 96.4 Å². The summed E-state index contributed by atoms with van der Waals surface area (Å²) >= 11 is 0. The van der Waals surface area contributed by atoms with Crippen molar-refractivity contribution in [2.24, 2.45) is 11.8 Å². The molecule has 1 fully saturated rings. The van der Waals surface area contributed by atoms with Gasteiger partial charge in [-0.25, -0.2) is 9.78 Å². The number of rotatable bonds is 7. The quantitative estimate of drug-likeness (QED) is 0.704. The Morgan fingerprint density at radius 2 is 2.12 bits per heavy atom. The van der Waals surface area contributed by atoms with Crippen LogP contribution in [0.1, 0.15) is 40.5 Å². The van der Waals surface area contributed by atoms with Crippen LogP contribution in [-0.4, -0.2) is 45.8 Å². The van der Waals surface area contributed by atoms with E-state index in [1.54, 1.807) is 12.3 Å². The standard InChI is InChI=1S/C17H28N4O3/c1-10(2)14(16(22)23)21-17-18-8-7-13(20-17)19-12-6-5-9-24-15(12)11(3)4/h7-8,10-12,14-15H,5-6,9H2,1-4H3,(H,22,23)(H2,18,19,20,21)/t12?,14-,15?/m1/s1. The van der Waals surface area contributed by atoms with Crippen molar-refractivity contribution in [3.05, 3.63) is 12.3 Å². The fourth-order valence-electron chi connectivity index (χ4n) is 2.97. The van der Waals surface area contributed by atoms with Crippen LogP contribution in [0, 0.1) is 11.8 Å². The van der Waals surface area contributed by atoms with E-state index in [-0.39, 0.29) is 18.1 Å². The normalized spacial score (nSPS) is 22.4.